The van der Waals surface area contributed by atoms with Gasteiger partial charge in [0.25, 0.3) is 0 Å². The van der Waals surface area contributed by atoms with Gasteiger partial charge < -0.3 is 14.6 Å². The molecule has 1 fully saturated rings. The SMILES string of the molecule is COc1cccc(OC)c1C1(O)CC(C)(C)CC(C)(C)C1. The molecule has 1 aromatic carbocycles. The summed E-state index contributed by atoms with van der Waals surface area (Å²) < 4.78 is 11.0. The quantitative estimate of drug-likeness (QED) is 0.910. The second kappa shape index (κ2) is 5.20. The fourth-order valence-electron chi connectivity index (χ4n) is 4.55. The molecular formula is C18H28O3. The van der Waals surface area contributed by atoms with Crippen LogP contribution >= 0.6 is 0 Å². The lowest BCUT2D eigenvalue weighted by Gasteiger charge is -2.50. The van der Waals surface area contributed by atoms with E-state index in [1.165, 1.54) is 0 Å². The Bertz CT molecular complexity index is 479. The summed E-state index contributed by atoms with van der Waals surface area (Å²) in [5.41, 5.74) is 0.00402. The van der Waals surface area contributed by atoms with Gasteiger partial charge in [-0.25, -0.2) is 0 Å². The van der Waals surface area contributed by atoms with E-state index in [0.717, 1.165) is 12.0 Å². The van der Waals surface area contributed by atoms with Crippen LogP contribution in [0.25, 0.3) is 0 Å². The standard InChI is InChI=1S/C18H28O3/c1-16(2)10-17(3,4)12-18(19,11-16)15-13(20-5)8-7-9-14(15)21-6/h7-9,19H,10-12H2,1-6H3. The summed E-state index contributed by atoms with van der Waals surface area (Å²) in [4.78, 5) is 0. The van der Waals surface area contributed by atoms with E-state index in [-0.39, 0.29) is 10.8 Å². The number of rotatable bonds is 3. The van der Waals surface area contributed by atoms with Gasteiger partial charge in [0, 0.05) is 0 Å². The maximum Gasteiger partial charge on any atom is 0.128 e. The van der Waals surface area contributed by atoms with Crippen LogP contribution in [0.5, 0.6) is 11.5 Å². The van der Waals surface area contributed by atoms with Crippen molar-refractivity contribution in [1.29, 1.82) is 0 Å². The van der Waals surface area contributed by atoms with E-state index in [9.17, 15) is 5.11 Å². The van der Waals surface area contributed by atoms with Crippen LogP contribution in [0.4, 0.5) is 0 Å². The van der Waals surface area contributed by atoms with Crippen molar-refractivity contribution >= 4 is 0 Å². The highest BCUT2D eigenvalue weighted by atomic mass is 16.5. The predicted molar refractivity (Wildman–Crippen MR) is 84.9 cm³/mol. The summed E-state index contributed by atoms with van der Waals surface area (Å²) in [6.07, 6.45) is 2.51. The predicted octanol–water partition coefficient (Wildman–Crippen LogP) is 4.13. The van der Waals surface area contributed by atoms with Crippen molar-refractivity contribution in [2.24, 2.45) is 10.8 Å². The van der Waals surface area contributed by atoms with Crippen molar-refractivity contribution in [3.8, 4) is 11.5 Å². The van der Waals surface area contributed by atoms with Gasteiger partial charge in [-0.2, -0.15) is 0 Å². The van der Waals surface area contributed by atoms with Gasteiger partial charge in [0.2, 0.25) is 0 Å². The number of ether oxygens (including phenoxy) is 2. The van der Waals surface area contributed by atoms with Gasteiger partial charge in [0.15, 0.2) is 0 Å². The highest BCUT2D eigenvalue weighted by Gasteiger charge is 2.49. The second-order valence-corrected chi connectivity index (χ2v) is 7.93. The van der Waals surface area contributed by atoms with Crippen LogP contribution in [0.2, 0.25) is 0 Å². The van der Waals surface area contributed by atoms with Gasteiger partial charge in [0.1, 0.15) is 11.5 Å². The first-order valence-electron chi connectivity index (χ1n) is 7.56. The molecule has 1 aliphatic carbocycles. The van der Waals surface area contributed by atoms with Crippen LogP contribution in [0, 0.1) is 10.8 Å². The summed E-state index contributed by atoms with van der Waals surface area (Å²) in [6.45, 7) is 8.89. The number of methoxy groups -OCH3 is 2. The normalized spacial score (nSPS) is 22.6. The third kappa shape index (κ3) is 3.18. The fourth-order valence-corrected chi connectivity index (χ4v) is 4.55. The topological polar surface area (TPSA) is 38.7 Å². The molecule has 3 nitrogen and oxygen atoms in total. The summed E-state index contributed by atoms with van der Waals surface area (Å²) in [5.74, 6) is 1.40. The lowest BCUT2D eigenvalue weighted by atomic mass is 9.58. The van der Waals surface area contributed by atoms with Crippen molar-refractivity contribution in [2.45, 2.75) is 52.6 Å². The van der Waals surface area contributed by atoms with Crippen molar-refractivity contribution in [3.63, 3.8) is 0 Å². The molecule has 1 N–H and O–H groups in total. The molecule has 0 aromatic heterocycles. The number of hydrogen-bond acceptors (Lipinski definition) is 3. The van der Waals surface area contributed by atoms with Gasteiger partial charge in [-0.3, -0.25) is 0 Å². The molecule has 1 aliphatic rings. The van der Waals surface area contributed by atoms with E-state index in [1.807, 2.05) is 18.2 Å². The highest BCUT2D eigenvalue weighted by molar-refractivity contribution is 5.49. The zero-order valence-corrected chi connectivity index (χ0v) is 14.1. The van der Waals surface area contributed by atoms with Gasteiger partial charge >= 0.3 is 0 Å². The zero-order chi connectivity index (χ0) is 15.9. The lowest BCUT2D eigenvalue weighted by Crippen LogP contribution is -2.44. The molecule has 0 radical (unpaired) electrons. The van der Waals surface area contributed by atoms with E-state index < -0.39 is 5.60 Å². The first-order valence-corrected chi connectivity index (χ1v) is 7.56. The summed E-state index contributed by atoms with van der Waals surface area (Å²) >= 11 is 0. The molecule has 0 atom stereocenters. The molecule has 118 valence electrons. The third-order valence-electron chi connectivity index (χ3n) is 4.39. The maximum absolute atomic E-state index is 11.5. The van der Waals surface area contributed by atoms with Crippen molar-refractivity contribution in [2.75, 3.05) is 14.2 Å². The lowest BCUT2D eigenvalue weighted by molar-refractivity contribution is -0.0932. The largest absolute Gasteiger partial charge is 0.496 e. The fraction of sp³-hybridized carbons (Fsp3) is 0.667. The minimum atomic E-state index is -0.927. The summed E-state index contributed by atoms with van der Waals surface area (Å²) in [6, 6.07) is 5.68. The Balaban J connectivity index is 2.58. The Kier molecular flexibility index (Phi) is 4.00. The number of benzene rings is 1. The average molecular weight is 292 g/mol. The van der Waals surface area contributed by atoms with Crippen LogP contribution in [-0.2, 0) is 5.60 Å². The molecule has 0 amide bonds. The molecule has 21 heavy (non-hydrogen) atoms. The molecule has 0 heterocycles. The Hall–Kier alpha value is -1.22. The van der Waals surface area contributed by atoms with E-state index >= 15 is 0 Å². The van der Waals surface area contributed by atoms with Crippen molar-refractivity contribution in [1.82, 2.24) is 0 Å². The van der Waals surface area contributed by atoms with Gasteiger partial charge in [-0.05, 0) is 42.2 Å². The Morgan fingerprint density at radius 1 is 0.857 bits per heavy atom. The molecule has 0 spiro atoms. The highest BCUT2D eigenvalue weighted by Crippen LogP contribution is 2.56. The summed E-state index contributed by atoms with van der Waals surface area (Å²) in [7, 11) is 3.28. The zero-order valence-electron chi connectivity index (χ0n) is 14.1. The molecule has 1 aromatic rings. The smallest absolute Gasteiger partial charge is 0.128 e. The van der Waals surface area contributed by atoms with Gasteiger partial charge in [-0.15, -0.1) is 0 Å². The van der Waals surface area contributed by atoms with Crippen LogP contribution in [-0.4, -0.2) is 19.3 Å². The number of hydrogen-bond donors (Lipinski definition) is 1. The van der Waals surface area contributed by atoms with E-state index in [2.05, 4.69) is 27.7 Å². The van der Waals surface area contributed by atoms with E-state index in [0.29, 0.717) is 24.3 Å². The van der Waals surface area contributed by atoms with Crippen LogP contribution in [0.1, 0.15) is 52.5 Å². The molecular weight excluding hydrogens is 264 g/mol. The average Bonchev–Trinajstić information content (AvgIpc) is 2.33. The molecule has 0 aliphatic heterocycles. The molecule has 0 bridgehead atoms. The van der Waals surface area contributed by atoms with E-state index in [1.54, 1.807) is 14.2 Å². The third-order valence-corrected chi connectivity index (χ3v) is 4.39. The summed E-state index contributed by atoms with van der Waals surface area (Å²) in [5, 5.41) is 11.5. The monoisotopic (exact) mass is 292 g/mol. The maximum atomic E-state index is 11.5. The van der Waals surface area contributed by atoms with Crippen LogP contribution in [0.15, 0.2) is 18.2 Å². The van der Waals surface area contributed by atoms with Crippen molar-refractivity contribution in [3.05, 3.63) is 23.8 Å². The Labute approximate surface area is 128 Å². The minimum absolute atomic E-state index is 0.0718. The Morgan fingerprint density at radius 3 is 1.67 bits per heavy atom. The second-order valence-electron chi connectivity index (χ2n) is 7.93. The molecule has 0 unspecified atom stereocenters. The van der Waals surface area contributed by atoms with Gasteiger partial charge in [-0.1, -0.05) is 33.8 Å². The molecule has 0 saturated heterocycles. The first-order chi connectivity index (χ1) is 9.62. The number of aliphatic hydroxyl groups is 1. The minimum Gasteiger partial charge on any atom is -0.496 e. The van der Waals surface area contributed by atoms with Crippen LogP contribution in [0.3, 0.4) is 0 Å². The molecule has 3 heteroatoms. The first kappa shape index (κ1) is 16.2. The molecule has 1 saturated carbocycles. The Morgan fingerprint density at radius 2 is 1.29 bits per heavy atom. The van der Waals surface area contributed by atoms with Crippen LogP contribution < -0.4 is 9.47 Å². The van der Waals surface area contributed by atoms with Gasteiger partial charge in [0.05, 0.1) is 25.4 Å². The van der Waals surface area contributed by atoms with E-state index in [4.69, 9.17) is 9.47 Å². The molecule has 2 rings (SSSR count). The van der Waals surface area contributed by atoms with Crippen molar-refractivity contribution < 1.29 is 14.6 Å².